The molecule has 0 amide bonds. The van der Waals surface area contributed by atoms with Crippen LogP contribution in [-0.2, 0) is 0 Å². The third kappa shape index (κ3) is 4.45. The number of ketones is 1. The molecular weight excluding hydrogens is 226 g/mol. The predicted molar refractivity (Wildman–Crippen MR) is 75.3 cm³/mol. The van der Waals surface area contributed by atoms with E-state index < -0.39 is 0 Å². The summed E-state index contributed by atoms with van der Waals surface area (Å²) in [6, 6.07) is 3.77. The van der Waals surface area contributed by atoms with Gasteiger partial charge in [0.1, 0.15) is 5.82 Å². The van der Waals surface area contributed by atoms with Gasteiger partial charge in [-0.1, -0.05) is 0 Å². The lowest BCUT2D eigenvalue weighted by Gasteiger charge is -2.22. The summed E-state index contributed by atoms with van der Waals surface area (Å²) >= 11 is 0. The van der Waals surface area contributed by atoms with E-state index in [4.69, 9.17) is 0 Å². The highest BCUT2D eigenvalue weighted by Crippen LogP contribution is 2.12. The highest BCUT2D eigenvalue weighted by Gasteiger charge is 2.07. The monoisotopic (exact) mass is 249 g/mol. The fraction of sp³-hybridized carbons (Fsp3) is 0.571. The summed E-state index contributed by atoms with van der Waals surface area (Å²) < 4.78 is 0. The van der Waals surface area contributed by atoms with Gasteiger partial charge in [0.15, 0.2) is 5.78 Å². The number of rotatable bonds is 7. The highest BCUT2D eigenvalue weighted by atomic mass is 16.1. The van der Waals surface area contributed by atoms with Crippen LogP contribution in [-0.4, -0.2) is 49.4 Å². The van der Waals surface area contributed by atoms with Gasteiger partial charge < -0.3 is 9.80 Å². The molecule has 1 heterocycles. The molecule has 0 atom stereocenters. The van der Waals surface area contributed by atoms with Crippen LogP contribution < -0.4 is 4.90 Å². The Kier molecular flexibility index (Phi) is 5.78. The molecule has 0 bridgehead atoms. The Hall–Kier alpha value is -1.42. The Morgan fingerprint density at radius 2 is 2.00 bits per heavy atom. The summed E-state index contributed by atoms with van der Waals surface area (Å²) in [5.41, 5.74) is 0.670. The van der Waals surface area contributed by atoms with Crippen molar-refractivity contribution in [2.75, 3.05) is 38.6 Å². The van der Waals surface area contributed by atoms with E-state index in [9.17, 15) is 4.79 Å². The maximum atomic E-state index is 11.2. The van der Waals surface area contributed by atoms with Gasteiger partial charge in [0, 0.05) is 24.8 Å². The van der Waals surface area contributed by atoms with E-state index in [1.54, 1.807) is 13.1 Å². The summed E-state index contributed by atoms with van der Waals surface area (Å²) in [4.78, 5) is 20.0. The Bertz CT molecular complexity index is 373. The number of carbonyl (C=O) groups is 1. The minimum atomic E-state index is 0.0599. The van der Waals surface area contributed by atoms with Crippen molar-refractivity contribution >= 4 is 11.6 Å². The zero-order valence-corrected chi connectivity index (χ0v) is 11.8. The maximum absolute atomic E-state index is 11.2. The minimum absolute atomic E-state index is 0.0599. The summed E-state index contributed by atoms with van der Waals surface area (Å²) in [6.45, 7) is 6.67. The van der Waals surface area contributed by atoms with Crippen molar-refractivity contribution in [2.24, 2.45) is 0 Å². The van der Waals surface area contributed by atoms with Gasteiger partial charge in [-0.05, 0) is 53.0 Å². The molecule has 1 rings (SSSR count). The molecule has 0 N–H and O–H groups in total. The van der Waals surface area contributed by atoms with E-state index in [0.29, 0.717) is 5.56 Å². The summed E-state index contributed by atoms with van der Waals surface area (Å²) in [5.74, 6) is 1.01. The molecule has 4 nitrogen and oxygen atoms in total. The molecule has 0 spiro atoms. The van der Waals surface area contributed by atoms with Crippen LogP contribution in [0.1, 0.15) is 30.6 Å². The zero-order chi connectivity index (χ0) is 13.5. The molecule has 0 saturated heterocycles. The molecule has 0 saturated carbocycles. The van der Waals surface area contributed by atoms with E-state index in [2.05, 4.69) is 35.8 Å². The summed E-state index contributed by atoms with van der Waals surface area (Å²) in [5, 5.41) is 0. The molecule has 0 aliphatic carbocycles. The summed E-state index contributed by atoms with van der Waals surface area (Å²) in [7, 11) is 4.16. The maximum Gasteiger partial charge on any atom is 0.161 e. The van der Waals surface area contributed by atoms with Crippen molar-refractivity contribution < 1.29 is 4.79 Å². The van der Waals surface area contributed by atoms with Crippen LogP contribution in [0, 0.1) is 0 Å². The molecule has 100 valence electrons. The van der Waals surface area contributed by atoms with Crippen molar-refractivity contribution in [1.82, 2.24) is 9.88 Å². The molecule has 0 aromatic carbocycles. The van der Waals surface area contributed by atoms with E-state index in [0.717, 1.165) is 31.9 Å². The quantitative estimate of drug-likeness (QED) is 0.693. The predicted octanol–water partition coefficient (Wildman–Crippen LogP) is 2.06. The number of nitrogens with zero attached hydrogens (tertiary/aromatic N) is 3. The van der Waals surface area contributed by atoms with Crippen LogP contribution in [0.25, 0.3) is 0 Å². The minimum Gasteiger partial charge on any atom is -0.357 e. The van der Waals surface area contributed by atoms with Gasteiger partial charge in [-0.3, -0.25) is 4.79 Å². The molecule has 0 fully saturated rings. The summed E-state index contributed by atoms with van der Waals surface area (Å²) in [6.07, 6.45) is 2.77. The fourth-order valence-corrected chi connectivity index (χ4v) is 1.79. The lowest BCUT2D eigenvalue weighted by molar-refractivity contribution is 0.101. The number of hydrogen-bond acceptors (Lipinski definition) is 4. The second-order valence-corrected chi connectivity index (χ2v) is 4.70. The third-order valence-corrected chi connectivity index (χ3v) is 2.89. The van der Waals surface area contributed by atoms with Gasteiger partial charge in [-0.15, -0.1) is 0 Å². The van der Waals surface area contributed by atoms with E-state index in [1.807, 2.05) is 12.1 Å². The largest absolute Gasteiger partial charge is 0.357 e. The van der Waals surface area contributed by atoms with Gasteiger partial charge >= 0.3 is 0 Å². The first kappa shape index (κ1) is 14.6. The molecule has 0 unspecified atom stereocenters. The second kappa shape index (κ2) is 7.11. The second-order valence-electron chi connectivity index (χ2n) is 4.70. The van der Waals surface area contributed by atoms with Crippen molar-refractivity contribution in [1.29, 1.82) is 0 Å². The normalized spacial score (nSPS) is 10.7. The van der Waals surface area contributed by atoms with Crippen LogP contribution in [0.15, 0.2) is 18.3 Å². The Morgan fingerprint density at radius 3 is 2.44 bits per heavy atom. The average Bonchev–Trinajstić information content (AvgIpc) is 2.34. The fourth-order valence-electron chi connectivity index (χ4n) is 1.79. The molecule has 0 aliphatic heterocycles. The number of pyridine rings is 1. The zero-order valence-electron chi connectivity index (χ0n) is 11.8. The lowest BCUT2D eigenvalue weighted by Crippen LogP contribution is -2.27. The molecule has 4 heteroatoms. The van der Waals surface area contributed by atoms with Gasteiger partial charge in [0.2, 0.25) is 0 Å². The number of Topliss-reactive ketones (excluding diaryl/α,β-unsaturated/α-hetero) is 1. The highest BCUT2D eigenvalue weighted by molar-refractivity contribution is 5.93. The molecule has 0 radical (unpaired) electrons. The molecule has 1 aromatic rings. The first-order chi connectivity index (χ1) is 8.54. The number of aromatic nitrogens is 1. The third-order valence-electron chi connectivity index (χ3n) is 2.89. The first-order valence-corrected chi connectivity index (χ1v) is 6.41. The van der Waals surface area contributed by atoms with Gasteiger partial charge in [0.05, 0.1) is 0 Å². The average molecular weight is 249 g/mol. The van der Waals surface area contributed by atoms with Crippen LogP contribution in [0.5, 0.6) is 0 Å². The van der Waals surface area contributed by atoms with Crippen molar-refractivity contribution in [3.63, 3.8) is 0 Å². The van der Waals surface area contributed by atoms with Gasteiger partial charge in [-0.25, -0.2) is 4.98 Å². The Morgan fingerprint density at radius 1 is 1.28 bits per heavy atom. The molecule has 0 aliphatic rings. The van der Waals surface area contributed by atoms with Crippen LogP contribution >= 0.6 is 0 Å². The van der Waals surface area contributed by atoms with E-state index >= 15 is 0 Å². The molecule has 1 aromatic heterocycles. The van der Waals surface area contributed by atoms with Crippen LogP contribution in [0.4, 0.5) is 5.82 Å². The number of anilines is 1. The van der Waals surface area contributed by atoms with Gasteiger partial charge in [0.25, 0.3) is 0 Å². The van der Waals surface area contributed by atoms with Crippen LogP contribution in [0.3, 0.4) is 0 Å². The van der Waals surface area contributed by atoms with Crippen molar-refractivity contribution in [3.8, 4) is 0 Å². The van der Waals surface area contributed by atoms with Crippen molar-refractivity contribution in [3.05, 3.63) is 23.9 Å². The molecular formula is C14H23N3O. The number of carbonyl (C=O) groups excluding carboxylic acids is 1. The number of hydrogen-bond donors (Lipinski definition) is 0. The van der Waals surface area contributed by atoms with E-state index in [-0.39, 0.29) is 5.78 Å². The first-order valence-electron chi connectivity index (χ1n) is 6.41. The van der Waals surface area contributed by atoms with E-state index in [1.165, 1.54) is 0 Å². The van der Waals surface area contributed by atoms with Crippen LogP contribution in [0.2, 0.25) is 0 Å². The topological polar surface area (TPSA) is 36.4 Å². The van der Waals surface area contributed by atoms with Gasteiger partial charge in [-0.2, -0.15) is 0 Å². The Labute approximate surface area is 110 Å². The smallest absolute Gasteiger partial charge is 0.161 e. The SMILES string of the molecule is CCN(CCCN(C)C)c1ccc(C(C)=O)cn1. The molecule has 18 heavy (non-hydrogen) atoms. The van der Waals surface area contributed by atoms with Crippen molar-refractivity contribution in [2.45, 2.75) is 20.3 Å². The standard InChI is InChI=1S/C14H23N3O/c1-5-17(10-6-9-16(3)4)14-8-7-13(11-15-14)12(2)18/h7-8,11H,5-6,9-10H2,1-4H3. The Balaban J connectivity index is 2.61. The lowest BCUT2D eigenvalue weighted by atomic mass is 10.2.